The second-order valence-corrected chi connectivity index (χ2v) is 2.70. The van der Waals surface area contributed by atoms with Gasteiger partial charge in [-0.1, -0.05) is 0 Å². The molecule has 0 aromatic heterocycles. The Morgan fingerprint density at radius 2 is 2.10 bits per heavy atom. The lowest BCUT2D eigenvalue weighted by Gasteiger charge is -2.08. The van der Waals surface area contributed by atoms with Gasteiger partial charge in [0.05, 0.1) is 6.42 Å². The molecule has 0 aliphatic carbocycles. The number of hydrogen-bond donors (Lipinski definition) is 1. The van der Waals surface area contributed by atoms with Gasteiger partial charge in [0.2, 0.25) is 0 Å². The molecule has 0 aromatic rings. The molecule has 10 heavy (non-hydrogen) atoms. The molecule has 60 valence electrons. The number of hydrogen-bond acceptors (Lipinski definition) is 1. The summed E-state index contributed by atoms with van der Waals surface area (Å²) in [5, 5.41) is 2.85. The quantitative estimate of drug-likeness (QED) is 0.695. The van der Waals surface area contributed by atoms with Crippen LogP contribution < -0.4 is 0 Å². The molecule has 0 aliphatic heterocycles. The first-order valence-electron chi connectivity index (χ1n) is 2.26. The first-order valence-corrected chi connectivity index (χ1v) is 3.08. The highest BCUT2D eigenvalue weighted by Crippen LogP contribution is 2.26. The molecule has 0 fully saturated rings. The Morgan fingerprint density at radius 3 is 2.20 bits per heavy atom. The van der Waals surface area contributed by atoms with E-state index in [1.807, 2.05) is 0 Å². The average molecular weight is 193 g/mol. The van der Waals surface area contributed by atoms with E-state index < -0.39 is 23.1 Å². The van der Waals surface area contributed by atoms with E-state index in [0.717, 1.165) is 0 Å². The lowest BCUT2D eigenvalue weighted by Crippen LogP contribution is -2.21. The van der Waals surface area contributed by atoms with Crippen molar-refractivity contribution >= 4 is 29.2 Å². The Morgan fingerprint density at radius 1 is 1.70 bits per heavy atom. The second kappa shape index (κ2) is 3.34. The summed E-state index contributed by atoms with van der Waals surface area (Å²) in [7, 11) is 0. The number of carbonyl (C=O) groups is 1. The monoisotopic (exact) mass is 192 g/mol. The molecule has 1 unspecified atom stereocenters. The van der Waals surface area contributed by atoms with Crippen LogP contribution in [-0.2, 0) is 4.79 Å². The van der Waals surface area contributed by atoms with Crippen molar-refractivity contribution in [3.63, 3.8) is 0 Å². The molecule has 0 aliphatic rings. The first-order chi connectivity index (χ1) is 4.33. The van der Waals surface area contributed by atoms with Gasteiger partial charge in [0.15, 0.2) is 0 Å². The van der Waals surface area contributed by atoms with Crippen molar-refractivity contribution in [1.29, 1.82) is 0 Å². The van der Waals surface area contributed by atoms with Crippen LogP contribution in [0.5, 0.6) is 0 Å². The van der Waals surface area contributed by atoms with Crippen LogP contribution in [0.3, 0.4) is 0 Å². The van der Waals surface area contributed by atoms with Crippen molar-refractivity contribution in [2.24, 2.45) is 0 Å². The lowest BCUT2D eigenvalue weighted by molar-refractivity contribution is -0.137. The van der Waals surface area contributed by atoms with Crippen molar-refractivity contribution < 1.29 is 18.7 Å². The topological polar surface area (TPSA) is 37.3 Å². The zero-order valence-corrected chi connectivity index (χ0v) is 6.16. The van der Waals surface area contributed by atoms with Crippen LogP contribution in [0.1, 0.15) is 6.42 Å². The summed E-state index contributed by atoms with van der Waals surface area (Å²) >= 11 is 9.33. The van der Waals surface area contributed by atoms with Gasteiger partial charge in [0, 0.05) is 0 Å². The van der Waals surface area contributed by atoms with Gasteiger partial charge in [0.1, 0.15) is 5.38 Å². The normalized spacial score (nSPS) is 14.8. The minimum absolute atomic E-state index is 1.06. The molecule has 0 amide bonds. The SMILES string of the molecule is O=C(O)C(Cl)CC(F)(F)Cl. The summed E-state index contributed by atoms with van der Waals surface area (Å²) < 4.78 is 23.5. The number of carboxylic acids is 1. The van der Waals surface area contributed by atoms with E-state index in [1.165, 1.54) is 0 Å². The van der Waals surface area contributed by atoms with Gasteiger partial charge in [-0.15, -0.1) is 11.6 Å². The molecule has 0 saturated carbocycles. The Balaban J connectivity index is 3.80. The Hall–Kier alpha value is -0.0900. The Labute approximate surface area is 65.7 Å². The molecule has 6 heteroatoms. The summed E-state index contributed by atoms with van der Waals surface area (Å²) in [6.07, 6.45) is -1.06. The predicted molar refractivity (Wildman–Crippen MR) is 32.7 cm³/mol. The zero-order valence-electron chi connectivity index (χ0n) is 4.65. The molecule has 0 spiro atoms. The number of alkyl halides is 4. The highest BCUT2D eigenvalue weighted by molar-refractivity contribution is 6.30. The smallest absolute Gasteiger partial charge is 0.323 e. The molecule has 0 heterocycles. The van der Waals surface area contributed by atoms with E-state index in [1.54, 1.807) is 0 Å². The zero-order chi connectivity index (χ0) is 8.36. The van der Waals surface area contributed by atoms with Crippen LogP contribution in [0.2, 0.25) is 0 Å². The molecule has 2 nitrogen and oxygen atoms in total. The molecular formula is C4H4Cl2F2O2. The fourth-order valence-corrected chi connectivity index (χ4v) is 0.718. The summed E-state index contributed by atoms with van der Waals surface area (Å²) in [5.41, 5.74) is 0. The van der Waals surface area contributed by atoms with Crippen molar-refractivity contribution in [2.45, 2.75) is 17.2 Å². The molecular weight excluding hydrogens is 189 g/mol. The third-order valence-corrected chi connectivity index (χ3v) is 1.17. The van der Waals surface area contributed by atoms with Crippen molar-refractivity contribution in [3.8, 4) is 0 Å². The van der Waals surface area contributed by atoms with E-state index in [2.05, 4.69) is 11.6 Å². The van der Waals surface area contributed by atoms with E-state index in [9.17, 15) is 13.6 Å². The van der Waals surface area contributed by atoms with Gasteiger partial charge in [-0.05, 0) is 11.6 Å². The van der Waals surface area contributed by atoms with Crippen molar-refractivity contribution in [2.75, 3.05) is 0 Å². The highest BCUT2D eigenvalue weighted by atomic mass is 35.5. The fraction of sp³-hybridized carbons (Fsp3) is 0.750. The average Bonchev–Trinajstić information content (AvgIpc) is 1.60. The minimum atomic E-state index is -3.54. The molecule has 0 radical (unpaired) electrons. The van der Waals surface area contributed by atoms with Gasteiger partial charge in [-0.2, -0.15) is 8.78 Å². The van der Waals surface area contributed by atoms with Crippen molar-refractivity contribution in [1.82, 2.24) is 0 Å². The first kappa shape index (κ1) is 9.91. The van der Waals surface area contributed by atoms with Crippen LogP contribution in [0, 0.1) is 0 Å². The standard InChI is InChI=1S/C4H4Cl2F2O2/c5-2(3(9)10)1-4(6,7)8/h2H,1H2,(H,9,10). The molecule has 1 N–H and O–H groups in total. The van der Waals surface area contributed by atoms with Crippen LogP contribution in [-0.4, -0.2) is 21.8 Å². The van der Waals surface area contributed by atoms with Crippen LogP contribution in [0.25, 0.3) is 0 Å². The van der Waals surface area contributed by atoms with E-state index in [-0.39, 0.29) is 0 Å². The van der Waals surface area contributed by atoms with Gasteiger partial charge in [0.25, 0.3) is 0 Å². The molecule has 0 bridgehead atoms. The van der Waals surface area contributed by atoms with Crippen molar-refractivity contribution in [3.05, 3.63) is 0 Å². The van der Waals surface area contributed by atoms with Gasteiger partial charge >= 0.3 is 11.4 Å². The summed E-state index contributed by atoms with van der Waals surface area (Å²) in [5.74, 6) is -1.50. The largest absolute Gasteiger partial charge is 0.480 e. The number of aliphatic carboxylic acids is 1. The van der Waals surface area contributed by atoms with E-state index >= 15 is 0 Å². The maximum atomic E-state index is 11.8. The van der Waals surface area contributed by atoms with Crippen LogP contribution >= 0.6 is 23.2 Å². The number of carboxylic acid groups (broad SMARTS) is 1. The minimum Gasteiger partial charge on any atom is -0.480 e. The summed E-state index contributed by atoms with van der Waals surface area (Å²) in [6, 6.07) is 0. The third kappa shape index (κ3) is 4.76. The summed E-state index contributed by atoms with van der Waals surface area (Å²) in [4.78, 5) is 9.85. The molecule has 0 rings (SSSR count). The second-order valence-electron chi connectivity index (χ2n) is 1.63. The van der Waals surface area contributed by atoms with Crippen LogP contribution in [0.15, 0.2) is 0 Å². The third-order valence-electron chi connectivity index (χ3n) is 0.679. The predicted octanol–water partition coefficient (Wildman–Crippen LogP) is 1.90. The van der Waals surface area contributed by atoms with E-state index in [4.69, 9.17) is 16.7 Å². The maximum Gasteiger partial charge on any atom is 0.323 e. The van der Waals surface area contributed by atoms with Gasteiger partial charge in [-0.3, -0.25) is 4.79 Å². The number of halogens is 4. The fourth-order valence-electron chi connectivity index (χ4n) is 0.291. The summed E-state index contributed by atoms with van der Waals surface area (Å²) in [6.45, 7) is 0. The van der Waals surface area contributed by atoms with Crippen LogP contribution in [0.4, 0.5) is 8.78 Å². The maximum absolute atomic E-state index is 11.8. The highest BCUT2D eigenvalue weighted by Gasteiger charge is 2.31. The molecule has 0 saturated heterocycles. The molecule has 1 atom stereocenters. The van der Waals surface area contributed by atoms with Gasteiger partial charge in [-0.25, -0.2) is 0 Å². The lowest BCUT2D eigenvalue weighted by atomic mass is 10.3. The van der Waals surface area contributed by atoms with Gasteiger partial charge < -0.3 is 5.11 Å². The Kier molecular flexibility index (Phi) is 3.31. The number of rotatable bonds is 3. The molecule has 0 aromatic carbocycles. The van der Waals surface area contributed by atoms with E-state index in [0.29, 0.717) is 0 Å². The Bertz CT molecular complexity index is 134.